The van der Waals surface area contributed by atoms with Gasteiger partial charge in [-0.05, 0) is 25.0 Å². The summed E-state index contributed by atoms with van der Waals surface area (Å²) in [6.07, 6.45) is 0.542. The Morgan fingerprint density at radius 3 is 2.47 bits per heavy atom. The number of nitrogens with zero attached hydrogens (tertiary/aromatic N) is 1. The topological polar surface area (TPSA) is 58.6 Å². The van der Waals surface area contributed by atoms with Crippen LogP contribution in [0.4, 0.5) is 0 Å². The zero-order valence-corrected chi connectivity index (χ0v) is 12.7. The summed E-state index contributed by atoms with van der Waals surface area (Å²) in [6.45, 7) is 4.18. The van der Waals surface area contributed by atoms with Crippen molar-refractivity contribution in [3.05, 3.63) is 29.8 Å². The molecule has 6 heteroatoms. The maximum Gasteiger partial charge on any atom is 0.279 e. The van der Waals surface area contributed by atoms with Gasteiger partial charge in [0.1, 0.15) is 11.9 Å². The van der Waals surface area contributed by atoms with Crippen molar-refractivity contribution in [2.24, 2.45) is 0 Å². The van der Waals surface area contributed by atoms with E-state index < -0.39 is 10.2 Å². The summed E-state index contributed by atoms with van der Waals surface area (Å²) >= 11 is 0. The average Bonchev–Trinajstić information content (AvgIpc) is 2.36. The van der Waals surface area contributed by atoms with Gasteiger partial charge in [0.2, 0.25) is 0 Å². The Labute approximate surface area is 115 Å². The fourth-order valence-corrected chi connectivity index (χ4v) is 2.12. The molecule has 5 nitrogen and oxygen atoms in total. The summed E-state index contributed by atoms with van der Waals surface area (Å²) in [6, 6.07) is 7.70. The Morgan fingerprint density at radius 2 is 1.95 bits per heavy atom. The Hall–Kier alpha value is -1.11. The summed E-state index contributed by atoms with van der Waals surface area (Å²) in [5.41, 5.74) is 1.04. The molecule has 1 aromatic rings. The van der Waals surface area contributed by atoms with Crippen molar-refractivity contribution in [3.63, 3.8) is 0 Å². The van der Waals surface area contributed by atoms with Gasteiger partial charge in [-0.15, -0.1) is 0 Å². The Bertz CT molecular complexity index is 500. The number of benzene rings is 1. The molecule has 0 saturated heterocycles. The molecule has 0 aromatic heterocycles. The van der Waals surface area contributed by atoms with E-state index in [0.29, 0.717) is 0 Å². The van der Waals surface area contributed by atoms with Crippen LogP contribution in [-0.4, -0.2) is 39.5 Å². The van der Waals surface area contributed by atoms with E-state index in [-0.39, 0.29) is 12.6 Å². The lowest BCUT2D eigenvalue weighted by Crippen LogP contribution is -2.41. The summed E-state index contributed by atoms with van der Waals surface area (Å²) < 4.78 is 32.8. The molecule has 1 atom stereocenters. The molecule has 0 bridgehead atoms. The highest BCUT2D eigenvalue weighted by Crippen LogP contribution is 2.18. The van der Waals surface area contributed by atoms with Gasteiger partial charge in [-0.1, -0.05) is 25.1 Å². The second-order valence-corrected chi connectivity index (χ2v) is 6.52. The number of hydrogen-bond donors (Lipinski definition) is 1. The normalized spacial score (nSPS) is 13.5. The van der Waals surface area contributed by atoms with Gasteiger partial charge in [0.15, 0.2) is 0 Å². The largest absolute Gasteiger partial charge is 0.489 e. The number of ether oxygens (including phenoxy) is 1. The first-order valence-corrected chi connectivity index (χ1v) is 7.70. The first kappa shape index (κ1) is 15.9. The van der Waals surface area contributed by atoms with Crippen LogP contribution >= 0.6 is 0 Å². The van der Waals surface area contributed by atoms with Gasteiger partial charge < -0.3 is 4.74 Å². The van der Waals surface area contributed by atoms with E-state index in [1.54, 1.807) is 0 Å². The fourth-order valence-electron chi connectivity index (χ4n) is 1.46. The molecular weight excluding hydrogens is 264 g/mol. The summed E-state index contributed by atoms with van der Waals surface area (Å²) in [7, 11) is -0.419. The molecule has 1 aromatic carbocycles. The lowest BCUT2D eigenvalue weighted by Gasteiger charge is -2.20. The van der Waals surface area contributed by atoms with Crippen molar-refractivity contribution in [1.82, 2.24) is 9.03 Å². The number of hydrogen-bond acceptors (Lipinski definition) is 3. The molecule has 0 heterocycles. The van der Waals surface area contributed by atoms with Gasteiger partial charge >= 0.3 is 0 Å². The minimum absolute atomic E-state index is 0.184. The molecule has 19 heavy (non-hydrogen) atoms. The molecule has 0 aliphatic rings. The van der Waals surface area contributed by atoms with Crippen LogP contribution in [0.2, 0.25) is 0 Å². The quantitative estimate of drug-likeness (QED) is 0.827. The third kappa shape index (κ3) is 4.81. The van der Waals surface area contributed by atoms with Crippen molar-refractivity contribution in [1.29, 1.82) is 0 Å². The number of aryl methyl sites for hydroxylation is 1. The molecule has 0 aliphatic heterocycles. The molecular formula is C13H22N2O3S. The van der Waals surface area contributed by atoms with Gasteiger partial charge in [0.05, 0.1) is 0 Å². The molecule has 1 rings (SSSR count). The zero-order chi connectivity index (χ0) is 14.5. The van der Waals surface area contributed by atoms with Crippen LogP contribution in [0.25, 0.3) is 0 Å². The lowest BCUT2D eigenvalue weighted by atomic mass is 10.2. The van der Waals surface area contributed by atoms with Crippen molar-refractivity contribution in [3.8, 4) is 5.75 Å². The average molecular weight is 286 g/mol. The predicted octanol–water partition coefficient (Wildman–Crippen LogP) is 1.55. The third-order valence-corrected chi connectivity index (χ3v) is 4.31. The fraction of sp³-hybridized carbons (Fsp3) is 0.538. The van der Waals surface area contributed by atoms with Crippen LogP contribution in [0.5, 0.6) is 5.75 Å². The summed E-state index contributed by atoms with van der Waals surface area (Å²) in [5.74, 6) is 0.790. The standard InChI is InChI=1S/C13H22N2O3S/c1-5-12(10-14-19(16,17)15(3)4)18-13-9-7-6-8-11(13)2/h6-9,12,14H,5,10H2,1-4H3. The smallest absolute Gasteiger partial charge is 0.279 e. The van der Waals surface area contributed by atoms with E-state index in [4.69, 9.17) is 4.74 Å². The second kappa shape index (κ2) is 6.88. The van der Waals surface area contributed by atoms with Gasteiger partial charge in [-0.3, -0.25) is 0 Å². The molecule has 108 valence electrons. The van der Waals surface area contributed by atoms with Crippen molar-refractivity contribution in [2.45, 2.75) is 26.4 Å². The lowest BCUT2D eigenvalue weighted by molar-refractivity contribution is 0.198. The predicted molar refractivity (Wildman–Crippen MR) is 76.5 cm³/mol. The van der Waals surface area contributed by atoms with E-state index in [1.165, 1.54) is 14.1 Å². The minimum atomic E-state index is -3.40. The first-order chi connectivity index (χ1) is 8.86. The van der Waals surface area contributed by atoms with Crippen molar-refractivity contribution in [2.75, 3.05) is 20.6 Å². The first-order valence-electron chi connectivity index (χ1n) is 6.26. The Morgan fingerprint density at radius 1 is 1.32 bits per heavy atom. The van der Waals surface area contributed by atoms with Crippen LogP contribution < -0.4 is 9.46 Å². The second-order valence-electron chi connectivity index (χ2n) is 4.55. The number of para-hydroxylation sites is 1. The van der Waals surface area contributed by atoms with Crippen LogP contribution in [-0.2, 0) is 10.2 Å². The van der Waals surface area contributed by atoms with Gasteiger partial charge in [0.25, 0.3) is 10.2 Å². The van der Waals surface area contributed by atoms with Crippen molar-refractivity contribution >= 4 is 10.2 Å². The van der Waals surface area contributed by atoms with E-state index in [9.17, 15) is 8.42 Å². The molecule has 0 saturated carbocycles. The highest BCUT2D eigenvalue weighted by molar-refractivity contribution is 7.87. The molecule has 1 unspecified atom stereocenters. The van der Waals surface area contributed by atoms with Gasteiger partial charge in [-0.2, -0.15) is 17.4 Å². The van der Waals surface area contributed by atoms with E-state index in [1.807, 2.05) is 38.1 Å². The Kier molecular flexibility index (Phi) is 5.78. The minimum Gasteiger partial charge on any atom is -0.489 e. The summed E-state index contributed by atoms with van der Waals surface area (Å²) in [4.78, 5) is 0. The summed E-state index contributed by atoms with van der Waals surface area (Å²) in [5, 5.41) is 0. The molecule has 0 fully saturated rings. The van der Waals surface area contributed by atoms with E-state index in [2.05, 4.69) is 4.72 Å². The maximum atomic E-state index is 11.6. The number of nitrogens with one attached hydrogen (secondary N) is 1. The van der Waals surface area contributed by atoms with Crippen LogP contribution in [0.1, 0.15) is 18.9 Å². The monoisotopic (exact) mass is 286 g/mol. The van der Waals surface area contributed by atoms with Crippen LogP contribution in [0, 0.1) is 6.92 Å². The molecule has 0 spiro atoms. The zero-order valence-electron chi connectivity index (χ0n) is 11.9. The third-order valence-electron chi connectivity index (χ3n) is 2.82. The van der Waals surface area contributed by atoms with Gasteiger partial charge in [0, 0.05) is 20.6 Å². The van der Waals surface area contributed by atoms with E-state index >= 15 is 0 Å². The van der Waals surface area contributed by atoms with Crippen molar-refractivity contribution < 1.29 is 13.2 Å². The molecule has 0 amide bonds. The highest BCUT2D eigenvalue weighted by Gasteiger charge is 2.16. The van der Waals surface area contributed by atoms with Crippen LogP contribution in [0.15, 0.2) is 24.3 Å². The van der Waals surface area contributed by atoms with Crippen LogP contribution in [0.3, 0.4) is 0 Å². The van der Waals surface area contributed by atoms with E-state index in [0.717, 1.165) is 22.0 Å². The SMILES string of the molecule is CCC(CNS(=O)(=O)N(C)C)Oc1ccccc1C. The maximum absolute atomic E-state index is 11.6. The van der Waals surface area contributed by atoms with Gasteiger partial charge in [-0.25, -0.2) is 0 Å². The number of rotatable bonds is 7. The molecule has 0 radical (unpaired) electrons. The Balaban J connectivity index is 2.63. The highest BCUT2D eigenvalue weighted by atomic mass is 32.2. The molecule has 0 aliphatic carbocycles. The molecule has 1 N–H and O–H groups in total.